The Morgan fingerprint density at radius 3 is 2.73 bits per heavy atom. The summed E-state index contributed by atoms with van der Waals surface area (Å²) in [7, 11) is 0. The standard InChI is InChI=1S/C19H19F3N2O2/c1-12(26-17-8-3-2-6-15(17)19(20,21)22)18(25)24-16-7-4-5-13-9-10-23-11-14(13)16/h2-8,12,23H,9-11H2,1H3,(H,24,25). The van der Waals surface area contributed by atoms with Crippen molar-refractivity contribution in [3.63, 3.8) is 0 Å². The van der Waals surface area contributed by atoms with E-state index in [0.29, 0.717) is 12.2 Å². The fourth-order valence-electron chi connectivity index (χ4n) is 2.91. The summed E-state index contributed by atoms with van der Waals surface area (Å²) in [5.74, 6) is -0.861. The highest BCUT2D eigenvalue weighted by molar-refractivity contribution is 5.95. The Kier molecular flexibility index (Phi) is 5.18. The van der Waals surface area contributed by atoms with Gasteiger partial charge in [-0.15, -0.1) is 0 Å². The average Bonchev–Trinajstić information content (AvgIpc) is 2.61. The fraction of sp³-hybridized carbons (Fsp3) is 0.316. The lowest BCUT2D eigenvalue weighted by molar-refractivity contribution is -0.140. The van der Waals surface area contributed by atoms with Crippen LogP contribution < -0.4 is 15.4 Å². The van der Waals surface area contributed by atoms with Crippen molar-refractivity contribution in [1.82, 2.24) is 5.32 Å². The molecule has 0 saturated carbocycles. The zero-order valence-electron chi connectivity index (χ0n) is 14.2. The van der Waals surface area contributed by atoms with Crippen molar-refractivity contribution in [2.45, 2.75) is 32.2 Å². The van der Waals surface area contributed by atoms with Crippen LogP contribution in [0, 0.1) is 0 Å². The van der Waals surface area contributed by atoms with Crippen molar-refractivity contribution in [2.75, 3.05) is 11.9 Å². The van der Waals surface area contributed by atoms with E-state index in [1.807, 2.05) is 12.1 Å². The number of carbonyl (C=O) groups is 1. The number of fused-ring (bicyclic) bond motifs is 1. The van der Waals surface area contributed by atoms with Gasteiger partial charge in [-0.2, -0.15) is 13.2 Å². The monoisotopic (exact) mass is 364 g/mol. The maximum atomic E-state index is 13.0. The number of para-hydroxylation sites is 1. The summed E-state index contributed by atoms with van der Waals surface area (Å²) in [6.45, 7) is 2.94. The number of amides is 1. The van der Waals surface area contributed by atoms with Crippen molar-refractivity contribution >= 4 is 11.6 Å². The molecule has 1 heterocycles. The van der Waals surface area contributed by atoms with Gasteiger partial charge in [0.15, 0.2) is 6.10 Å². The lowest BCUT2D eigenvalue weighted by Gasteiger charge is -2.22. The molecule has 0 aliphatic carbocycles. The van der Waals surface area contributed by atoms with Crippen LogP contribution in [0.15, 0.2) is 42.5 Å². The van der Waals surface area contributed by atoms with E-state index in [2.05, 4.69) is 10.6 Å². The van der Waals surface area contributed by atoms with Crippen LogP contribution in [0.2, 0.25) is 0 Å². The van der Waals surface area contributed by atoms with E-state index in [4.69, 9.17) is 4.74 Å². The van der Waals surface area contributed by atoms with Crippen molar-refractivity contribution in [3.8, 4) is 5.75 Å². The van der Waals surface area contributed by atoms with Crippen LogP contribution in [-0.4, -0.2) is 18.6 Å². The third-order valence-corrected chi connectivity index (χ3v) is 4.27. The SMILES string of the molecule is CC(Oc1ccccc1C(F)(F)F)C(=O)Nc1cccc2c1CNCC2. The van der Waals surface area contributed by atoms with Gasteiger partial charge < -0.3 is 15.4 Å². The molecule has 0 radical (unpaired) electrons. The summed E-state index contributed by atoms with van der Waals surface area (Å²) in [6.07, 6.45) is -4.76. The summed E-state index contributed by atoms with van der Waals surface area (Å²) in [4.78, 5) is 12.4. The van der Waals surface area contributed by atoms with Gasteiger partial charge in [-0.3, -0.25) is 4.79 Å². The first-order valence-corrected chi connectivity index (χ1v) is 8.31. The molecule has 3 rings (SSSR count). The Bertz CT molecular complexity index is 806. The van der Waals surface area contributed by atoms with Gasteiger partial charge in [0, 0.05) is 12.2 Å². The summed E-state index contributed by atoms with van der Waals surface area (Å²) in [5, 5.41) is 6.00. The van der Waals surface area contributed by atoms with Gasteiger partial charge in [0.1, 0.15) is 5.75 Å². The molecular weight excluding hydrogens is 345 g/mol. The molecule has 0 fully saturated rings. The topological polar surface area (TPSA) is 50.4 Å². The molecule has 0 spiro atoms. The molecule has 1 aliphatic heterocycles. The molecule has 0 bridgehead atoms. The van der Waals surface area contributed by atoms with Crippen molar-refractivity contribution in [1.29, 1.82) is 0 Å². The molecule has 1 unspecified atom stereocenters. The molecule has 4 nitrogen and oxygen atoms in total. The molecule has 2 N–H and O–H groups in total. The second-order valence-corrected chi connectivity index (χ2v) is 6.11. The quantitative estimate of drug-likeness (QED) is 0.869. The minimum absolute atomic E-state index is 0.362. The van der Waals surface area contributed by atoms with Crippen LogP contribution in [0.1, 0.15) is 23.6 Å². The molecule has 2 aromatic rings. The summed E-state index contributed by atoms with van der Waals surface area (Å²) in [5.41, 5.74) is 1.90. The third-order valence-electron chi connectivity index (χ3n) is 4.27. The molecule has 0 saturated heterocycles. The highest BCUT2D eigenvalue weighted by atomic mass is 19.4. The smallest absolute Gasteiger partial charge is 0.419 e. The molecule has 2 aromatic carbocycles. The molecule has 26 heavy (non-hydrogen) atoms. The van der Waals surface area contributed by atoms with E-state index in [1.165, 1.54) is 25.1 Å². The summed E-state index contributed by atoms with van der Waals surface area (Å²) >= 11 is 0. The van der Waals surface area contributed by atoms with Crippen molar-refractivity contribution in [3.05, 3.63) is 59.2 Å². The zero-order valence-corrected chi connectivity index (χ0v) is 14.2. The molecule has 1 atom stereocenters. The number of ether oxygens (including phenoxy) is 1. The van der Waals surface area contributed by atoms with Crippen LogP contribution >= 0.6 is 0 Å². The lowest BCUT2D eigenvalue weighted by atomic mass is 9.99. The first-order valence-electron chi connectivity index (χ1n) is 8.31. The van der Waals surface area contributed by atoms with Crippen LogP contribution in [0.25, 0.3) is 0 Å². The van der Waals surface area contributed by atoms with Crippen molar-refractivity contribution in [2.24, 2.45) is 0 Å². The number of halogens is 3. The van der Waals surface area contributed by atoms with Gasteiger partial charge in [-0.25, -0.2) is 0 Å². The number of rotatable bonds is 4. The first-order chi connectivity index (χ1) is 12.4. The molecule has 0 aromatic heterocycles. The Morgan fingerprint density at radius 2 is 1.96 bits per heavy atom. The van der Waals surface area contributed by atoms with E-state index in [1.54, 1.807) is 6.07 Å². The van der Waals surface area contributed by atoms with Gasteiger partial charge in [0.2, 0.25) is 0 Å². The maximum Gasteiger partial charge on any atom is 0.419 e. The molecule has 1 amide bonds. The summed E-state index contributed by atoms with van der Waals surface area (Å²) < 4.78 is 44.4. The highest BCUT2D eigenvalue weighted by Gasteiger charge is 2.34. The van der Waals surface area contributed by atoms with Gasteiger partial charge >= 0.3 is 6.18 Å². The van der Waals surface area contributed by atoms with E-state index in [-0.39, 0.29) is 5.75 Å². The Labute approximate surface area is 149 Å². The van der Waals surface area contributed by atoms with E-state index in [9.17, 15) is 18.0 Å². The predicted octanol–water partition coefficient (Wildman–Crippen LogP) is 3.76. The number of alkyl halides is 3. The minimum Gasteiger partial charge on any atom is -0.480 e. The lowest BCUT2D eigenvalue weighted by Crippen LogP contribution is -2.32. The summed E-state index contributed by atoms with van der Waals surface area (Å²) in [6, 6.07) is 10.5. The van der Waals surface area contributed by atoms with E-state index >= 15 is 0 Å². The normalized spacial score (nSPS) is 15.1. The number of nitrogens with one attached hydrogen (secondary N) is 2. The largest absolute Gasteiger partial charge is 0.480 e. The minimum atomic E-state index is -4.54. The number of hydrogen-bond donors (Lipinski definition) is 2. The van der Waals surface area contributed by atoms with Gasteiger partial charge in [0.25, 0.3) is 5.91 Å². The third kappa shape index (κ3) is 3.99. The van der Waals surface area contributed by atoms with Crippen LogP contribution in [0.4, 0.5) is 18.9 Å². The van der Waals surface area contributed by atoms with Crippen molar-refractivity contribution < 1.29 is 22.7 Å². The Morgan fingerprint density at radius 1 is 1.19 bits per heavy atom. The molecule has 7 heteroatoms. The Balaban J connectivity index is 1.74. The van der Waals surface area contributed by atoms with Gasteiger partial charge in [0.05, 0.1) is 5.56 Å². The number of benzene rings is 2. The fourth-order valence-corrected chi connectivity index (χ4v) is 2.91. The second-order valence-electron chi connectivity index (χ2n) is 6.11. The van der Waals surface area contributed by atoms with Crippen LogP contribution in [0.3, 0.4) is 0 Å². The van der Waals surface area contributed by atoms with Gasteiger partial charge in [-0.05, 0) is 49.2 Å². The molecular formula is C19H19F3N2O2. The zero-order chi connectivity index (χ0) is 18.7. The number of carbonyl (C=O) groups excluding carboxylic acids is 1. The van der Waals surface area contributed by atoms with Gasteiger partial charge in [-0.1, -0.05) is 24.3 Å². The number of hydrogen-bond acceptors (Lipinski definition) is 3. The number of anilines is 1. The Hall–Kier alpha value is -2.54. The maximum absolute atomic E-state index is 13.0. The molecule has 138 valence electrons. The van der Waals surface area contributed by atoms with Crippen LogP contribution in [-0.2, 0) is 23.9 Å². The van der Waals surface area contributed by atoms with E-state index < -0.39 is 23.8 Å². The van der Waals surface area contributed by atoms with E-state index in [0.717, 1.165) is 30.2 Å². The average molecular weight is 364 g/mol. The highest BCUT2D eigenvalue weighted by Crippen LogP contribution is 2.36. The van der Waals surface area contributed by atoms with Crippen LogP contribution in [0.5, 0.6) is 5.75 Å². The predicted molar refractivity (Wildman–Crippen MR) is 92.0 cm³/mol. The first kappa shape index (κ1) is 18.3. The molecule has 1 aliphatic rings. The second kappa shape index (κ2) is 7.37.